The number of para-hydroxylation sites is 1. The molecule has 19 heavy (non-hydrogen) atoms. The van der Waals surface area contributed by atoms with Crippen LogP contribution in [0.5, 0.6) is 0 Å². The van der Waals surface area contributed by atoms with E-state index in [1.54, 1.807) is 0 Å². The lowest BCUT2D eigenvalue weighted by Gasteiger charge is -2.22. The van der Waals surface area contributed by atoms with Crippen LogP contribution in [0.4, 0.5) is 5.69 Å². The topological polar surface area (TPSA) is 23.5 Å². The van der Waals surface area contributed by atoms with Gasteiger partial charge in [0.1, 0.15) is 0 Å². The molecular formula is C16H18BrNO. The monoisotopic (exact) mass is 319 g/mol. The molecule has 0 saturated heterocycles. The molecule has 2 aromatic rings. The van der Waals surface area contributed by atoms with Crippen molar-refractivity contribution in [3.63, 3.8) is 0 Å². The third kappa shape index (κ3) is 3.82. The van der Waals surface area contributed by atoms with E-state index in [1.165, 1.54) is 16.8 Å². The van der Waals surface area contributed by atoms with Gasteiger partial charge in [-0.25, -0.2) is 0 Å². The van der Waals surface area contributed by atoms with Crippen molar-refractivity contribution in [2.45, 2.75) is 13.0 Å². The van der Waals surface area contributed by atoms with E-state index >= 15 is 0 Å². The van der Waals surface area contributed by atoms with Crippen LogP contribution in [-0.2, 0) is 13.0 Å². The number of rotatable bonds is 5. The first-order valence-corrected chi connectivity index (χ1v) is 7.14. The molecule has 0 unspecified atom stereocenters. The van der Waals surface area contributed by atoms with Crippen molar-refractivity contribution in [2.75, 3.05) is 18.6 Å². The molecule has 3 heteroatoms. The van der Waals surface area contributed by atoms with Crippen molar-refractivity contribution in [3.8, 4) is 0 Å². The largest absolute Gasteiger partial charge is 0.396 e. The molecule has 0 radical (unpaired) electrons. The molecule has 0 aliphatic heterocycles. The van der Waals surface area contributed by atoms with Crippen LogP contribution in [0.25, 0.3) is 0 Å². The van der Waals surface area contributed by atoms with E-state index in [9.17, 15) is 0 Å². The molecule has 1 N–H and O–H groups in total. The summed E-state index contributed by atoms with van der Waals surface area (Å²) in [5.74, 6) is 0. The lowest BCUT2D eigenvalue weighted by atomic mass is 10.1. The number of hydrogen-bond donors (Lipinski definition) is 1. The highest BCUT2D eigenvalue weighted by molar-refractivity contribution is 9.10. The number of halogens is 1. The van der Waals surface area contributed by atoms with Crippen molar-refractivity contribution < 1.29 is 5.11 Å². The number of benzene rings is 2. The summed E-state index contributed by atoms with van der Waals surface area (Å²) in [5.41, 5.74) is 3.63. The first kappa shape index (κ1) is 14.1. The normalized spacial score (nSPS) is 10.5. The van der Waals surface area contributed by atoms with Gasteiger partial charge in [0.15, 0.2) is 0 Å². The van der Waals surface area contributed by atoms with Crippen molar-refractivity contribution in [1.29, 1.82) is 0 Å². The van der Waals surface area contributed by atoms with E-state index in [2.05, 4.69) is 64.3 Å². The Morgan fingerprint density at radius 3 is 2.42 bits per heavy atom. The molecule has 2 nitrogen and oxygen atoms in total. The Bertz CT molecular complexity index is 525. The average molecular weight is 320 g/mol. The highest BCUT2D eigenvalue weighted by Gasteiger charge is 2.07. The summed E-state index contributed by atoms with van der Waals surface area (Å²) >= 11 is 3.45. The smallest absolute Gasteiger partial charge is 0.0472 e. The molecule has 0 saturated carbocycles. The third-order valence-electron chi connectivity index (χ3n) is 3.12. The van der Waals surface area contributed by atoms with Crippen LogP contribution >= 0.6 is 15.9 Å². The Labute approximate surface area is 122 Å². The Balaban J connectivity index is 2.15. The molecule has 2 rings (SSSR count). The van der Waals surface area contributed by atoms with Gasteiger partial charge in [-0.2, -0.15) is 0 Å². The Hall–Kier alpha value is -1.32. The molecule has 0 spiro atoms. The highest BCUT2D eigenvalue weighted by atomic mass is 79.9. The van der Waals surface area contributed by atoms with Crippen molar-refractivity contribution in [3.05, 3.63) is 64.1 Å². The van der Waals surface area contributed by atoms with Gasteiger partial charge in [0.2, 0.25) is 0 Å². The van der Waals surface area contributed by atoms with Gasteiger partial charge in [-0.05, 0) is 35.7 Å². The minimum atomic E-state index is 0.184. The second-order valence-electron chi connectivity index (χ2n) is 4.58. The molecule has 0 heterocycles. The zero-order valence-corrected chi connectivity index (χ0v) is 12.6. The Kier molecular flexibility index (Phi) is 5.00. The van der Waals surface area contributed by atoms with Crippen molar-refractivity contribution in [2.24, 2.45) is 0 Å². The average Bonchev–Trinajstić information content (AvgIpc) is 2.42. The molecule has 0 atom stereocenters. The minimum absolute atomic E-state index is 0.184. The van der Waals surface area contributed by atoms with Gasteiger partial charge in [0.05, 0.1) is 0 Å². The van der Waals surface area contributed by atoms with E-state index in [4.69, 9.17) is 5.11 Å². The van der Waals surface area contributed by atoms with Gasteiger partial charge < -0.3 is 10.0 Å². The summed E-state index contributed by atoms with van der Waals surface area (Å²) in [6, 6.07) is 16.6. The van der Waals surface area contributed by atoms with Crippen molar-refractivity contribution in [1.82, 2.24) is 0 Å². The van der Waals surface area contributed by atoms with E-state index in [-0.39, 0.29) is 6.61 Å². The van der Waals surface area contributed by atoms with Gasteiger partial charge in [0, 0.05) is 30.4 Å². The number of anilines is 1. The molecule has 0 fully saturated rings. The maximum atomic E-state index is 9.12. The van der Waals surface area contributed by atoms with E-state index in [0.29, 0.717) is 6.42 Å². The van der Waals surface area contributed by atoms with Crippen LogP contribution in [0.3, 0.4) is 0 Å². The van der Waals surface area contributed by atoms with Gasteiger partial charge in [-0.1, -0.05) is 46.3 Å². The lowest BCUT2D eigenvalue weighted by molar-refractivity contribution is 0.299. The zero-order valence-electron chi connectivity index (χ0n) is 11.0. The molecule has 0 bridgehead atoms. The summed E-state index contributed by atoms with van der Waals surface area (Å²) in [5, 5.41) is 9.12. The summed E-state index contributed by atoms with van der Waals surface area (Å²) in [4.78, 5) is 2.22. The highest BCUT2D eigenvalue weighted by Crippen LogP contribution is 2.22. The third-order valence-corrected chi connectivity index (χ3v) is 3.65. The second kappa shape index (κ2) is 6.73. The first-order valence-electron chi connectivity index (χ1n) is 6.35. The summed E-state index contributed by atoms with van der Waals surface area (Å²) in [7, 11) is 2.08. The molecule has 0 aliphatic rings. The standard InChI is InChI=1S/C16H18BrNO/c1-18(12-13-6-8-15(17)9-7-13)16-5-3-2-4-14(16)10-11-19/h2-9,19H,10-12H2,1H3. The fourth-order valence-corrected chi connectivity index (χ4v) is 2.43. The maximum Gasteiger partial charge on any atom is 0.0472 e. The Morgan fingerprint density at radius 2 is 1.74 bits per heavy atom. The SMILES string of the molecule is CN(Cc1ccc(Br)cc1)c1ccccc1CCO. The molecular weight excluding hydrogens is 302 g/mol. The Morgan fingerprint density at radius 1 is 1.05 bits per heavy atom. The number of aliphatic hydroxyl groups excluding tert-OH is 1. The lowest BCUT2D eigenvalue weighted by Crippen LogP contribution is -2.18. The molecule has 2 aromatic carbocycles. The molecule has 0 aromatic heterocycles. The van der Waals surface area contributed by atoms with E-state index in [0.717, 1.165) is 11.0 Å². The fourth-order valence-electron chi connectivity index (χ4n) is 2.16. The van der Waals surface area contributed by atoms with Crippen LogP contribution in [-0.4, -0.2) is 18.8 Å². The summed E-state index contributed by atoms with van der Waals surface area (Å²) < 4.78 is 1.10. The molecule has 0 aliphatic carbocycles. The van der Waals surface area contributed by atoms with Crippen LogP contribution in [0, 0.1) is 0 Å². The van der Waals surface area contributed by atoms with Gasteiger partial charge in [-0.3, -0.25) is 0 Å². The first-order chi connectivity index (χ1) is 9.20. The predicted molar refractivity (Wildman–Crippen MR) is 83.5 cm³/mol. The van der Waals surface area contributed by atoms with Crippen LogP contribution in [0.1, 0.15) is 11.1 Å². The number of aliphatic hydroxyl groups is 1. The van der Waals surface area contributed by atoms with Crippen LogP contribution in [0.2, 0.25) is 0 Å². The fraction of sp³-hybridized carbons (Fsp3) is 0.250. The van der Waals surface area contributed by atoms with Crippen LogP contribution in [0.15, 0.2) is 53.0 Å². The molecule has 0 amide bonds. The predicted octanol–water partition coefficient (Wildman–Crippen LogP) is 3.62. The van der Waals surface area contributed by atoms with Gasteiger partial charge in [-0.15, -0.1) is 0 Å². The number of hydrogen-bond acceptors (Lipinski definition) is 2. The van der Waals surface area contributed by atoms with Crippen molar-refractivity contribution >= 4 is 21.6 Å². The summed E-state index contributed by atoms with van der Waals surface area (Å²) in [6.07, 6.45) is 0.695. The minimum Gasteiger partial charge on any atom is -0.396 e. The molecule has 100 valence electrons. The second-order valence-corrected chi connectivity index (χ2v) is 5.50. The van der Waals surface area contributed by atoms with Crippen LogP contribution < -0.4 is 4.90 Å². The quantitative estimate of drug-likeness (QED) is 0.909. The van der Waals surface area contributed by atoms with E-state index in [1.807, 2.05) is 12.1 Å². The van der Waals surface area contributed by atoms with E-state index < -0.39 is 0 Å². The maximum absolute atomic E-state index is 9.12. The van der Waals surface area contributed by atoms with Gasteiger partial charge >= 0.3 is 0 Å². The van der Waals surface area contributed by atoms with Gasteiger partial charge in [0.25, 0.3) is 0 Å². The number of nitrogens with zero attached hydrogens (tertiary/aromatic N) is 1. The zero-order chi connectivity index (χ0) is 13.7. The summed E-state index contributed by atoms with van der Waals surface area (Å²) in [6.45, 7) is 1.04.